The SMILES string of the molecule is CNCC(=O)c1cc(Cl)c(OC)c(S(C)(=O)=O)c1. The maximum absolute atomic E-state index is 11.7. The molecule has 100 valence electrons. The number of hydrogen-bond donors (Lipinski definition) is 1. The van der Waals surface area contributed by atoms with E-state index in [0.717, 1.165) is 6.26 Å². The van der Waals surface area contributed by atoms with Crippen LogP contribution in [0.4, 0.5) is 0 Å². The second-order valence-electron chi connectivity index (χ2n) is 3.72. The fourth-order valence-electron chi connectivity index (χ4n) is 1.47. The van der Waals surface area contributed by atoms with Crippen molar-refractivity contribution in [3.05, 3.63) is 22.7 Å². The van der Waals surface area contributed by atoms with Gasteiger partial charge in [-0.1, -0.05) is 11.6 Å². The van der Waals surface area contributed by atoms with Crippen LogP contribution in [0.2, 0.25) is 5.02 Å². The summed E-state index contributed by atoms with van der Waals surface area (Å²) in [6.07, 6.45) is 1.04. The zero-order chi connectivity index (χ0) is 13.9. The molecule has 0 fully saturated rings. The van der Waals surface area contributed by atoms with E-state index in [2.05, 4.69) is 5.32 Å². The fraction of sp³-hybridized carbons (Fsp3) is 0.364. The molecule has 0 aliphatic rings. The number of hydrogen-bond acceptors (Lipinski definition) is 5. The van der Waals surface area contributed by atoms with Gasteiger partial charge < -0.3 is 10.1 Å². The highest BCUT2D eigenvalue weighted by atomic mass is 35.5. The highest BCUT2D eigenvalue weighted by Crippen LogP contribution is 2.33. The molecule has 18 heavy (non-hydrogen) atoms. The van der Waals surface area contributed by atoms with Gasteiger partial charge in [0.1, 0.15) is 4.90 Å². The first-order valence-corrected chi connectivity index (χ1v) is 7.33. The maximum atomic E-state index is 11.7. The van der Waals surface area contributed by atoms with Crippen LogP contribution in [0.3, 0.4) is 0 Å². The molecule has 1 aromatic rings. The third kappa shape index (κ3) is 3.22. The maximum Gasteiger partial charge on any atom is 0.179 e. The zero-order valence-corrected chi connectivity index (χ0v) is 11.9. The minimum Gasteiger partial charge on any atom is -0.494 e. The van der Waals surface area contributed by atoms with Crippen LogP contribution in [0.15, 0.2) is 17.0 Å². The molecule has 0 atom stereocenters. The lowest BCUT2D eigenvalue weighted by atomic mass is 10.1. The van der Waals surface area contributed by atoms with Gasteiger partial charge in [0.15, 0.2) is 21.4 Å². The Hall–Kier alpha value is -1.11. The molecule has 1 aromatic carbocycles. The molecular formula is C11H14ClNO4S. The molecule has 5 nitrogen and oxygen atoms in total. The molecule has 1 N–H and O–H groups in total. The second kappa shape index (κ2) is 5.69. The van der Waals surface area contributed by atoms with Gasteiger partial charge in [-0.2, -0.15) is 0 Å². The molecule has 0 amide bonds. The van der Waals surface area contributed by atoms with Gasteiger partial charge in [-0.25, -0.2) is 8.42 Å². The Labute approximate surface area is 111 Å². The highest BCUT2D eigenvalue weighted by Gasteiger charge is 2.20. The number of benzene rings is 1. The summed E-state index contributed by atoms with van der Waals surface area (Å²) in [4.78, 5) is 11.6. The number of carbonyl (C=O) groups excluding carboxylic acids is 1. The number of methoxy groups -OCH3 is 1. The van der Waals surface area contributed by atoms with Crippen LogP contribution in [-0.2, 0) is 9.84 Å². The van der Waals surface area contributed by atoms with Crippen molar-refractivity contribution in [3.63, 3.8) is 0 Å². The topological polar surface area (TPSA) is 72.5 Å². The lowest BCUT2D eigenvalue weighted by Gasteiger charge is -2.11. The van der Waals surface area contributed by atoms with E-state index in [1.54, 1.807) is 7.05 Å². The van der Waals surface area contributed by atoms with Crippen molar-refractivity contribution >= 4 is 27.2 Å². The lowest BCUT2D eigenvalue weighted by molar-refractivity contribution is 0.0993. The third-order valence-corrected chi connectivity index (χ3v) is 3.66. The first-order valence-electron chi connectivity index (χ1n) is 5.06. The lowest BCUT2D eigenvalue weighted by Crippen LogP contribution is -2.19. The summed E-state index contributed by atoms with van der Waals surface area (Å²) in [6, 6.07) is 2.68. The molecule has 0 radical (unpaired) electrons. The summed E-state index contributed by atoms with van der Waals surface area (Å²) in [5.41, 5.74) is 0.232. The van der Waals surface area contributed by atoms with Crippen LogP contribution in [0, 0.1) is 0 Å². The number of rotatable bonds is 5. The third-order valence-electron chi connectivity index (χ3n) is 2.27. The van der Waals surface area contributed by atoms with Crippen molar-refractivity contribution in [3.8, 4) is 5.75 Å². The van der Waals surface area contributed by atoms with Crippen LogP contribution in [0.25, 0.3) is 0 Å². The van der Waals surface area contributed by atoms with Crippen LogP contribution in [0.5, 0.6) is 5.75 Å². The number of carbonyl (C=O) groups is 1. The molecule has 0 heterocycles. The summed E-state index contributed by atoms with van der Waals surface area (Å²) >= 11 is 5.92. The molecule has 0 bridgehead atoms. The average molecular weight is 292 g/mol. The predicted molar refractivity (Wildman–Crippen MR) is 69.4 cm³/mol. The van der Waals surface area contributed by atoms with E-state index in [1.807, 2.05) is 0 Å². The quantitative estimate of drug-likeness (QED) is 0.824. The number of ether oxygens (including phenoxy) is 1. The van der Waals surface area contributed by atoms with E-state index in [4.69, 9.17) is 16.3 Å². The van der Waals surface area contributed by atoms with E-state index >= 15 is 0 Å². The van der Waals surface area contributed by atoms with Gasteiger partial charge in [-0.3, -0.25) is 4.79 Å². The molecule has 1 rings (SSSR count). The van der Waals surface area contributed by atoms with Gasteiger partial charge in [0.05, 0.1) is 18.7 Å². The Balaban J connectivity index is 3.45. The summed E-state index contributed by atoms with van der Waals surface area (Å²) in [7, 11) is -0.571. The van der Waals surface area contributed by atoms with Crippen molar-refractivity contribution in [1.82, 2.24) is 5.32 Å². The highest BCUT2D eigenvalue weighted by molar-refractivity contribution is 7.90. The van der Waals surface area contributed by atoms with Crippen molar-refractivity contribution in [2.75, 3.05) is 27.0 Å². The van der Waals surface area contributed by atoms with Crippen LogP contribution < -0.4 is 10.1 Å². The molecule has 0 spiro atoms. The van der Waals surface area contributed by atoms with Crippen LogP contribution in [-0.4, -0.2) is 41.2 Å². The Kier molecular flexibility index (Phi) is 4.72. The van der Waals surface area contributed by atoms with Crippen molar-refractivity contribution in [2.24, 2.45) is 0 Å². The van der Waals surface area contributed by atoms with E-state index in [1.165, 1.54) is 19.2 Å². The predicted octanol–water partition coefficient (Wildman–Crippen LogP) is 1.15. The van der Waals surface area contributed by atoms with Crippen molar-refractivity contribution in [2.45, 2.75) is 4.90 Å². The van der Waals surface area contributed by atoms with E-state index in [0.29, 0.717) is 0 Å². The summed E-state index contributed by atoms with van der Waals surface area (Å²) in [5, 5.41) is 2.80. The molecule has 0 aliphatic carbocycles. The number of sulfone groups is 1. The van der Waals surface area contributed by atoms with Gasteiger partial charge in [0.2, 0.25) is 0 Å². The van der Waals surface area contributed by atoms with E-state index in [9.17, 15) is 13.2 Å². The smallest absolute Gasteiger partial charge is 0.179 e. The molecule has 0 saturated carbocycles. The van der Waals surface area contributed by atoms with Crippen molar-refractivity contribution < 1.29 is 17.9 Å². The monoisotopic (exact) mass is 291 g/mol. The second-order valence-corrected chi connectivity index (χ2v) is 6.11. The largest absolute Gasteiger partial charge is 0.494 e. The normalized spacial score (nSPS) is 11.3. The van der Waals surface area contributed by atoms with Gasteiger partial charge in [-0.15, -0.1) is 0 Å². The first-order chi connectivity index (χ1) is 8.31. The Bertz CT molecular complexity index is 569. The minimum atomic E-state index is -3.52. The molecule has 0 unspecified atom stereocenters. The van der Waals surface area contributed by atoms with Crippen LogP contribution in [0.1, 0.15) is 10.4 Å². The Morgan fingerprint density at radius 2 is 2.06 bits per heavy atom. The van der Waals surface area contributed by atoms with Gasteiger partial charge in [-0.05, 0) is 19.2 Å². The summed E-state index contributed by atoms with van der Waals surface area (Å²) < 4.78 is 28.2. The van der Waals surface area contributed by atoms with Gasteiger partial charge in [0, 0.05) is 11.8 Å². The minimum absolute atomic E-state index is 0.0557. The first kappa shape index (κ1) is 14.9. The summed E-state index contributed by atoms with van der Waals surface area (Å²) in [6.45, 7) is 0.103. The number of nitrogens with one attached hydrogen (secondary N) is 1. The average Bonchev–Trinajstić information content (AvgIpc) is 2.27. The molecule has 0 aliphatic heterocycles. The molecule has 0 aromatic heterocycles. The Morgan fingerprint density at radius 3 is 2.50 bits per heavy atom. The van der Waals surface area contributed by atoms with Crippen molar-refractivity contribution in [1.29, 1.82) is 0 Å². The number of halogens is 1. The molecule has 0 saturated heterocycles. The Morgan fingerprint density at radius 1 is 1.44 bits per heavy atom. The summed E-state index contributed by atoms with van der Waals surface area (Å²) in [5.74, 6) is -0.188. The molecule has 7 heteroatoms. The van der Waals surface area contributed by atoms with Gasteiger partial charge >= 0.3 is 0 Å². The van der Waals surface area contributed by atoms with E-state index < -0.39 is 9.84 Å². The molecular weight excluding hydrogens is 278 g/mol. The number of ketones is 1. The zero-order valence-electron chi connectivity index (χ0n) is 10.3. The number of likely N-dealkylation sites (N-methyl/N-ethyl adjacent to an activating group) is 1. The van der Waals surface area contributed by atoms with Crippen LogP contribution >= 0.6 is 11.6 Å². The standard InChI is InChI=1S/C11H14ClNO4S/c1-13-6-9(14)7-4-8(12)11(17-2)10(5-7)18(3,15)16/h4-5,13H,6H2,1-3H3. The number of Topliss-reactive ketones (excluding diaryl/α,β-unsaturated/α-hetero) is 1. The van der Waals surface area contributed by atoms with Gasteiger partial charge in [0.25, 0.3) is 0 Å². The fourth-order valence-corrected chi connectivity index (χ4v) is 2.69. The van der Waals surface area contributed by atoms with E-state index in [-0.39, 0.29) is 33.6 Å².